The van der Waals surface area contributed by atoms with E-state index < -0.39 is 11.6 Å². The van der Waals surface area contributed by atoms with E-state index in [9.17, 15) is 9.90 Å². The second kappa shape index (κ2) is 8.02. The van der Waals surface area contributed by atoms with Gasteiger partial charge >= 0.3 is 0 Å². The number of phenolic OH excluding ortho intramolecular Hbond substituents is 1. The molecule has 1 unspecified atom stereocenters. The summed E-state index contributed by atoms with van der Waals surface area (Å²) in [4.78, 5) is 12.7. The minimum atomic E-state index is -0.973. The molecule has 3 nitrogen and oxygen atoms in total. The van der Waals surface area contributed by atoms with Crippen LogP contribution in [-0.2, 0) is 11.2 Å². The highest BCUT2D eigenvalue weighted by Gasteiger charge is 2.60. The van der Waals surface area contributed by atoms with Crippen LogP contribution >= 0.6 is 0 Å². The Bertz CT molecular complexity index is 765. The average Bonchev–Trinajstić information content (AvgIpc) is 2.98. The zero-order valence-electron chi connectivity index (χ0n) is 18.1. The van der Waals surface area contributed by atoms with Crippen molar-refractivity contribution in [2.24, 2.45) is 23.2 Å². The Hall–Kier alpha value is -1.42. The lowest BCUT2D eigenvalue weighted by Gasteiger charge is -2.53. The second-order valence-electron chi connectivity index (χ2n) is 10.1. The van der Waals surface area contributed by atoms with Crippen molar-refractivity contribution in [1.29, 1.82) is 0 Å². The van der Waals surface area contributed by atoms with Crippen molar-refractivity contribution < 1.29 is 14.3 Å². The van der Waals surface area contributed by atoms with Crippen LogP contribution in [0.1, 0.15) is 75.8 Å². The van der Waals surface area contributed by atoms with Gasteiger partial charge in [-0.2, -0.15) is 0 Å². The Morgan fingerprint density at radius 3 is 2.90 bits per heavy atom. The molecular weight excluding hydrogens is 365 g/mol. The minimum Gasteiger partial charge on any atom is -0.508 e. The van der Waals surface area contributed by atoms with E-state index in [-0.39, 0.29) is 23.4 Å². The molecule has 0 aliphatic heterocycles. The van der Waals surface area contributed by atoms with Gasteiger partial charge in [0.25, 0.3) is 0 Å². The molecule has 0 saturated heterocycles. The highest BCUT2D eigenvalue weighted by molar-refractivity contribution is 5.87. The number of fused-ring (bicyclic) bond motifs is 5. The van der Waals surface area contributed by atoms with Crippen LogP contribution in [0, 0.1) is 23.2 Å². The number of rotatable bonds is 6. The summed E-state index contributed by atoms with van der Waals surface area (Å²) in [5.41, 5.74) is 1.73. The van der Waals surface area contributed by atoms with E-state index >= 15 is 4.39 Å². The SMILES string of the molecule is CNC(C)CCCC[C@@H]1Cc2cc(O)ccc2[C@@H]2[C@@H]1[C@@H]1CCC(=O)[C@@]1(C)C[C@@H]2F. The lowest BCUT2D eigenvalue weighted by atomic mass is 9.51. The van der Waals surface area contributed by atoms with E-state index in [0.717, 1.165) is 43.2 Å². The molecule has 3 aliphatic carbocycles. The third-order valence-corrected chi connectivity index (χ3v) is 8.49. The lowest BCUT2D eigenvalue weighted by Crippen LogP contribution is -2.50. The summed E-state index contributed by atoms with van der Waals surface area (Å²) < 4.78 is 15.6. The molecule has 2 fully saturated rings. The molecule has 160 valence electrons. The number of aromatic hydroxyl groups is 1. The predicted molar refractivity (Wildman–Crippen MR) is 114 cm³/mol. The molecule has 4 rings (SSSR count). The molecule has 0 bridgehead atoms. The lowest BCUT2D eigenvalue weighted by molar-refractivity contribution is -0.132. The van der Waals surface area contributed by atoms with Crippen LogP contribution in [-0.4, -0.2) is 30.2 Å². The van der Waals surface area contributed by atoms with Crippen molar-refractivity contribution in [3.05, 3.63) is 29.3 Å². The number of ketones is 1. The van der Waals surface area contributed by atoms with Crippen LogP contribution in [0.2, 0.25) is 0 Å². The number of carbonyl (C=O) groups excluding carboxylic acids is 1. The van der Waals surface area contributed by atoms with Crippen LogP contribution in [0.4, 0.5) is 4.39 Å². The molecule has 7 atom stereocenters. The first-order chi connectivity index (χ1) is 13.8. The van der Waals surface area contributed by atoms with E-state index in [0.29, 0.717) is 30.7 Å². The quantitative estimate of drug-likeness (QED) is 0.647. The van der Waals surface area contributed by atoms with Crippen LogP contribution < -0.4 is 5.32 Å². The number of alkyl halides is 1. The summed E-state index contributed by atoms with van der Waals surface area (Å²) in [5, 5.41) is 13.3. The van der Waals surface area contributed by atoms with Gasteiger partial charge < -0.3 is 10.4 Å². The van der Waals surface area contributed by atoms with Gasteiger partial charge in [0.15, 0.2) is 0 Å². The summed E-state index contributed by atoms with van der Waals surface area (Å²) in [6.45, 7) is 4.24. The molecule has 0 amide bonds. The van der Waals surface area contributed by atoms with Crippen LogP contribution in [0.5, 0.6) is 5.75 Å². The fourth-order valence-corrected chi connectivity index (χ4v) is 6.84. The summed E-state index contributed by atoms with van der Waals surface area (Å²) in [6, 6.07) is 6.02. The summed E-state index contributed by atoms with van der Waals surface area (Å²) >= 11 is 0. The Balaban J connectivity index is 1.62. The second-order valence-corrected chi connectivity index (χ2v) is 10.1. The zero-order chi connectivity index (χ0) is 20.8. The van der Waals surface area contributed by atoms with E-state index in [1.165, 1.54) is 6.42 Å². The van der Waals surface area contributed by atoms with E-state index in [4.69, 9.17) is 0 Å². The van der Waals surface area contributed by atoms with Gasteiger partial charge in [0, 0.05) is 23.8 Å². The first-order valence-electron chi connectivity index (χ1n) is 11.5. The third kappa shape index (κ3) is 3.62. The molecule has 1 aromatic rings. The number of phenols is 1. The van der Waals surface area contributed by atoms with E-state index in [1.54, 1.807) is 6.07 Å². The van der Waals surface area contributed by atoms with Gasteiger partial charge in [-0.3, -0.25) is 4.79 Å². The standard InChI is InChI=1S/C25H36FNO2/c1-15(27-3)6-4-5-7-16-12-17-13-18(28)8-9-19(17)24-21(26)14-25(2)20(23(16)24)10-11-22(25)29/h8-9,13,15-16,20-21,23-24,27-28H,4-7,10-12,14H2,1-3H3/t15?,16-,20+,21+,23+,24+,25+/m1/s1. The smallest absolute Gasteiger partial charge is 0.139 e. The minimum absolute atomic E-state index is 0.121. The van der Waals surface area contributed by atoms with Gasteiger partial charge in [-0.1, -0.05) is 25.8 Å². The molecule has 4 heteroatoms. The fourth-order valence-electron chi connectivity index (χ4n) is 6.84. The third-order valence-electron chi connectivity index (χ3n) is 8.49. The van der Waals surface area contributed by atoms with Crippen LogP contribution in [0.15, 0.2) is 18.2 Å². The van der Waals surface area contributed by atoms with Crippen molar-refractivity contribution in [3.8, 4) is 5.75 Å². The van der Waals surface area contributed by atoms with Gasteiger partial charge in [0.05, 0.1) is 0 Å². The zero-order valence-corrected chi connectivity index (χ0v) is 18.1. The molecule has 0 radical (unpaired) electrons. The molecule has 2 N–H and O–H groups in total. The summed E-state index contributed by atoms with van der Waals surface area (Å²) in [7, 11) is 2.00. The van der Waals surface area contributed by atoms with Crippen LogP contribution in [0.25, 0.3) is 0 Å². The number of Topliss-reactive ketones (excluding diaryl/α,β-unsaturated/α-hetero) is 1. The van der Waals surface area contributed by atoms with Crippen molar-refractivity contribution in [1.82, 2.24) is 5.32 Å². The Morgan fingerprint density at radius 2 is 2.14 bits per heavy atom. The summed E-state index contributed by atoms with van der Waals surface area (Å²) in [6.07, 6.45) is 6.38. The van der Waals surface area contributed by atoms with E-state index in [1.807, 2.05) is 26.1 Å². The first kappa shape index (κ1) is 20.8. The monoisotopic (exact) mass is 401 g/mol. The van der Waals surface area contributed by atoms with E-state index in [2.05, 4.69) is 12.2 Å². The highest BCUT2D eigenvalue weighted by Crippen LogP contribution is 2.62. The number of halogens is 1. The van der Waals surface area contributed by atoms with Crippen molar-refractivity contribution in [2.75, 3.05) is 7.05 Å². The number of carbonyl (C=O) groups is 1. The van der Waals surface area contributed by atoms with Gasteiger partial charge in [-0.25, -0.2) is 4.39 Å². The molecule has 1 aromatic carbocycles. The topological polar surface area (TPSA) is 49.3 Å². The molecule has 0 heterocycles. The van der Waals surface area contributed by atoms with Crippen molar-refractivity contribution in [2.45, 2.75) is 83.3 Å². The maximum atomic E-state index is 15.6. The maximum absolute atomic E-state index is 15.6. The van der Waals surface area contributed by atoms with Crippen LogP contribution in [0.3, 0.4) is 0 Å². The van der Waals surface area contributed by atoms with Gasteiger partial charge in [0.1, 0.15) is 17.7 Å². The van der Waals surface area contributed by atoms with Crippen molar-refractivity contribution in [3.63, 3.8) is 0 Å². The maximum Gasteiger partial charge on any atom is 0.139 e. The molecule has 0 aromatic heterocycles. The molecular formula is C25H36FNO2. The predicted octanol–water partition coefficient (Wildman–Crippen LogP) is 5.16. The Kier molecular flexibility index (Phi) is 5.76. The van der Waals surface area contributed by atoms with Gasteiger partial charge in [-0.15, -0.1) is 0 Å². The number of unbranched alkanes of at least 4 members (excludes halogenated alkanes) is 1. The molecule has 2 saturated carbocycles. The number of benzene rings is 1. The van der Waals surface area contributed by atoms with Gasteiger partial charge in [0.2, 0.25) is 0 Å². The normalized spacial score (nSPS) is 37.0. The number of hydrogen-bond donors (Lipinski definition) is 2. The fraction of sp³-hybridized carbons (Fsp3) is 0.720. The highest BCUT2D eigenvalue weighted by atomic mass is 19.1. The first-order valence-corrected chi connectivity index (χ1v) is 11.5. The number of hydrogen-bond acceptors (Lipinski definition) is 3. The largest absolute Gasteiger partial charge is 0.508 e. The Morgan fingerprint density at radius 1 is 1.34 bits per heavy atom. The molecule has 0 spiro atoms. The van der Waals surface area contributed by atoms with Crippen molar-refractivity contribution >= 4 is 5.78 Å². The summed E-state index contributed by atoms with van der Waals surface area (Å²) in [5.74, 6) is 1.37. The average molecular weight is 402 g/mol. The Labute approximate surface area is 174 Å². The number of nitrogens with one attached hydrogen (secondary N) is 1. The molecule has 3 aliphatic rings. The molecule has 29 heavy (non-hydrogen) atoms. The van der Waals surface area contributed by atoms with Gasteiger partial charge in [-0.05, 0) is 87.1 Å².